The van der Waals surface area contributed by atoms with Gasteiger partial charge in [-0.3, -0.25) is 4.79 Å². The van der Waals surface area contributed by atoms with Gasteiger partial charge < -0.3 is 4.74 Å². The third-order valence-electron chi connectivity index (χ3n) is 3.56. The molecule has 0 aromatic heterocycles. The summed E-state index contributed by atoms with van der Waals surface area (Å²) in [6.45, 7) is 2.34. The van der Waals surface area contributed by atoms with Crippen LogP contribution < -0.4 is 0 Å². The van der Waals surface area contributed by atoms with Crippen molar-refractivity contribution in [2.45, 2.75) is 44.6 Å². The highest BCUT2D eigenvalue weighted by Crippen LogP contribution is 2.31. The van der Waals surface area contributed by atoms with Crippen LogP contribution in [0, 0.1) is 0 Å². The van der Waals surface area contributed by atoms with Gasteiger partial charge in [-0.2, -0.15) is 0 Å². The molecule has 1 aromatic carbocycles. The lowest BCUT2D eigenvalue weighted by Crippen LogP contribution is -2.33. The first-order chi connectivity index (χ1) is 8.20. The first kappa shape index (κ1) is 12.3. The Morgan fingerprint density at radius 3 is 2.47 bits per heavy atom. The third kappa shape index (κ3) is 3.40. The molecule has 92 valence electrons. The van der Waals surface area contributed by atoms with E-state index in [1.165, 1.54) is 19.3 Å². The fourth-order valence-corrected chi connectivity index (χ4v) is 2.39. The molecule has 0 atom stereocenters. The number of hydrogen-bond donors (Lipinski definition) is 0. The Hall–Kier alpha value is -1.15. The number of hydrogen-bond acceptors (Lipinski definition) is 2. The number of benzene rings is 1. The van der Waals surface area contributed by atoms with E-state index < -0.39 is 0 Å². The van der Waals surface area contributed by atoms with E-state index in [-0.39, 0.29) is 18.0 Å². The number of rotatable bonds is 4. The summed E-state index contributed by atoms with van der Waals surface area (Å²) in [5.41, 5.74) is 0.662. The molecule has 0 radical (unpaired) electrons. The molecule has 1 aliphatic carbocycles. The second kappa shape index (κ2) is 5.46. The third-order valence-corrected chi connectivity index (χ3v) is 3.56. The average Bonchev–Trinajstić information content (AvgIpc) is 2.38. The molecule has 2 nitrogen and oxygen atoms in total. The van der Waals surface area contributed by atoms with Gasteiger partial charge in [0.05, 0.1) is 5.60 Å². The van der Waals surface area contributed by atoms with Crippen LogP contribution >= 0.6 is 0 Å². The summed E-state index contributed by atoms with van der Waals surface area (Å²) >= 11 is 0. The van der Waals surface area contributed by atoms with E-state index in [0.29, 0.717) is 0 Å². The van der Waals surface area contributed by atoms with Crippen molar-refractivity contribution in [3.63, 3.8) is 0 Å². The van der Waals surface area contributed by atoms with Crippen LogP contribution in [-0.4, -0.2) is 18.0 Å². The molecule has 0 spiro atoms. The number of ether oxygens (including phenoxy) is 1. The Labute approximate surface area is 103 Å². The Morgan fingerprint density at radius 1 is 1.18 bits per heavy atom. The summed E-state index contributed by atoms with van der Waals surface area (Å²) < 4.78 is 5.84. The van der Waals surface area contributed by atoms with Gasteiger partial charge in [0.2, 0.25) is 0 Å². The molecule has 1 saturated carbocycles. The van der Waals surface area contributed by atoms with Crippen LogP contribution in [0.15, 0.2) is 30.3 Å². The first-order valence-electron chi connectivity index (χ1n) is 6.42. The smallest absolute Gasteiger partial charge is 0.188 e. The van der Waals surface area contributed by atoms with E-state index in [0.717, 1.165) is 18.4 Å². The summed E-state index contributed by atoms with van der Waals surface area (Å²) in [6.07, 6.45) is 5.89. The van der Waals surface area contributed by atoms with Gasteiger partial charge in [-0.15, -0.1) is 0 Å². The van der Waals surface area contributed by atoms with Crippen molar-refractivity contribution in [2.75, 3.05) is 6.61 Å². The first-order valence-corrected chi connectivity index (χ1v) is 6.42. The van der Waals surface area contributed by atoms with Gasteiger partial charge in [0.15, 0.2) is 5.78 Å². The predicted molar refractivity (Wildman–Crippen MR) is 68.2 cm³/mol. The van der Waals surface area contributed by atoms with Crippen molar-refractivity contribution in [1.29, 1.82) is 0 Å². The highest BCUT2D eigenvalue weighted by molar-refractivity contribution is 5.97. The van der Waals surface area contributed by atoms with Crippen LogP contribution in [0.3, 0.4) is 0 Å². The van der Waals surface area contributed by atoms with Crippen LogP contribution in [0.1, 0.15) is 49.4 Å². The number of carbonyl (C=O) groups is 1. The van der Waals surface area contributed by atoms with E-state index in [9.17, 15) is 4.79 Å². The molecule has 0 heterocycles. The Bertz CT molecular complexity index is 364. The van der Waals surface area contributed by atoms with Crippen molar-refractivity contribution in [1.82, 2.24) is 0 Å². The maximum atomic E-state index is 11.9. The monoisotopic (exact) mass is 232 g/mol. The van der Waals surface area contributed by atoms with E-state index in [1.54, 1.807) is 0 Å². The molecule has 0 unspecified atom stereocenters. The lowest BCUT2D eigenvalue weighted by molar-refractivity contribution is -0.0468. The zero-order valence-electron chi connectivity index (χ0n) is 10.4. The van der Waals surface area contributed by atoms with Crippen LogP contribution in [0.5, 0.6) is 0 Å². The average molecular weight is 232 g/mol. The molecular formula is C15H20O2. The summed E-state index contributed by atoms with van der Waals surface area (Å²) in [5, 5.41) is 0. The normalized spacial score (nSPS) is 18.9. The molecule has 0 N–H and O–H groups in total. The van der Waals surface area contributed by atoms with E-state index in [2.05, 4.69) is 6.92 Å². The quantitative estimate of drug-likeness (QED) is 0.741. The van der Waals surface area contributed by atoms with E-state index in [4.69, 9.17) is 4.74 Å². The van der Waals surface area contributed by atoms with Gasteiger partial charge >= 0.3 is 0 Å². The lowest BCUT2D eigenvalue weighted by Gasteiger charge is -2.33. The zero-order valence-corrected chi connectivity index (χ0v) is 10.4. The molecule has 0 amide bonds. The zero-order chi connectivity index (χ0) is 12.1. The maximum Gasteiger partial charge on any atom is 0.188 e. The van der Waals surface area contributed by atoms with Crippen molar-refractivity contribution < 1.29 is 9.53 Å². The minimum absolute atomic E-state index is 0.0807. The topological polar surface area (TPSA) is 26.3 Å². The minimum Gasteiger partial charge on any atom is -0.367 e. The highest BCUT2D eigenvalue weighted by atomic mass is 16.5. The molecule has 1 fully saturated rings. The fourth-order valence-electron chi connectivity index (χ4n) is 2.39. The van der Waals surface area contributed by atoms with Crippen LogP contribution in [0.4, 0.5) is 0 Å². The fraction of sp³-hybridized carbons (Fsp3) is 0.533. The molecule has 17 heavy (non-hydrogen) atoms. The Morgan fingerprint density at radius 2 is 1.82 bits per heavy atom. The predicted octanol–water partition coefficient (Wildman–Crippen LogP) is 3.61. The lowest BCUT2D eigenvalue weighted by atomic mass is 9.86. The molecule has 1 aromatic rings. The largest absolute Gasteiger partial charge is 0.367 e. The van der Waals surface area contributed by atoms with Gasteiger partial charge in [0, 0.05) is 5.56 Å². The van der Waals surface area contributed by atoms with Crippen LogP contribution in [0.25, 0.3) is 0 Å². The van der Waals surface area contributed by atoms with Gasteiger partial charge in [0.25, 0.3) is 0 Å². The molecule has 0 bridgehead atoms. The molecular weight excluding hydrogens is 212 g/mol. The Kier molecular flexibility index (Phi) is 3.95. The van der Waals surface area contributed by atoms with Crippen LogP contribution in [0.2, 0.25) is 0 Å². The van der Waals surface area contributed by atoms with Crippen molar-refractivity contribution >= 4 is 5.78 Å². The minimum atomic E-state index is -0.0807. The van der Waals surface area contributed by atoms with E-state index >= 15 is 0 Å². The van der Waals surface area contributed by atoms with Gasteiger partial charge in [0.1, 0.15) is 6.61 Å². The number of Topliss-reactive ketones (excluding diaryl/α,β-unsaturated/α-hetero) is 1. The van der Waals surface area contributed by atoms with Gasteiger partial charge in [-0.05, 0) is 19.8 Å². The molecule has 1 aliphatic rings. The van der Waals surface area contributed by atoms with Gasteiger partial charge in [-0.25, -0.2) is 0 Å². The molecule has 0 saturated heterocycles. The maximum absolute atomic E-state index is 11.9. The summed E-state index contributed by atoms with van der Waals surface area (Å²) in [7, 11) is 0. The summed E-state index contributed by atoms with van der Waals surface area (Å²) in [4.78, 5) is 11.9. The Balaban J connectivity index is 1.87. The molecule has 2 rings (SSSR count). The number of ketones is 1. The van der Waals surface area contributed by atoms with Crippen molar-refractivity contribution in [3.8, 4) is 0 Å². The molecule has 0 aliphatic heterocycles. The summed E-state index contributed by atoms with van der Waals surface area (Å²) in [6, 6.07) is 9.37. The number of carbonyl (C=O) groups excluding carboxylic acids is 1. The standard InChI is InChI=1S/C15H20O2/c1-15(10-6-3-7-11-15)17-12-14(16)13-8-4-2-5-9-13/h2,4-5,8-9H,3,6-7,10-12H2,1H3. The second-order valence-electron chi connectivity index (χ2n) is 5.09. The SMILES string of the molecule is CC1(OCC(=O)c2ccccc2)CCCCC1. The van der Waals surface area contributed by atoms with Crippen LogP contribution in [-0.2, 0) is 4.74 Å². The second-order valence-corrected chi connectivity index (χ2v) is 5.09. The van der Waals surface area contributed by atoms with Crippen molar-refractivity contribution in [3.05, 3.63) is 35.9 Å². The highest BCUT2D eigenvalue weighted by Gasteiger charge is 2.28. The van der Waals surface area contributed by atoms with Gasteiger partial charge in [-0.1, -0.05) is 49.6 Å². The van der Waals surface area contributed by atoms with Crippen molar-refractivity contribution in [2.24, 2.45) is 0 Å². The molecule has 2 heteroatoms. The summed E-state index contributed by atoms with van der Waals surface area (Å²) in [5.74, 6) is 0.0809. The van der Waals surface area contributed by atoms with E-state index in [1.807, 2.05) is 30.3 Å².